The second-order valence-electron chi connectivity index (χ2n) is 8.80. The van der Waals surface area contributed by atoms with Gasteiger partial charge in [0.15, 0.2) is 5.60 Å². The first-order valence-electron chi connectivity index (χ1n) is 12.1. The Morgan fingerprint density at radius 2 is 2.10 bits per heavy atom. The van der Waals surface area contributed by atoms with Crippen LogP contribution in [-0.4, -0.2) is 22.4 Å². The Morgan fingerprint density at radius 3 is 2.81 bits per heavy atom. The summed E-state index contributed by atoms with van der Waals surface area (Å²) in [5.74, 6) is -2.40. The lowest BCUT2D eigenvalue weighted by Gasteiger charge is -2.65. The predicted octanol–water partition coefficient (Wildman–Crippen LogP) is 4.22. The molecule has 166 valence electrons. The highest BCUT2D eigenvalue weighted by atomic mass is 31.2. The van der Waals surface area contributed by atoms with E-state index in [2.05, 4.69) is 0 Å². The summed E-state index contributed by atoms with van der Waals surface area (Å²) in [6, 6.07) is 5.83. The molecule has 1 saturated heterocycles. The third-order valence-corrected chi connectivity index (χ3v) is 7.80. The second-order valence-corrected chi connectivity index (χ2v) is 9.97. The number of benzene rings is 1. The number of hydrogen-bond acceptors (Lipinski definition) is 6. The fourth-order valence-corrected chi connectivity index (χ4v) is 6.61. The fraction of sp³-hybridized carbons (Fsp3) is 0.591. The average Bonchev–Trinajstić information content (AvgIpc) is 2.74. The van der Waals surface area contributed by atoms with Crippen LogP contribution in [0.15, 0.2) is 29.3 Å². The Morgan fingerprint density at radius 1 is 1.26 bits per heavy atom. The van der Waals surface area contributed by atoms with Crippen LogP contribution in [0.25, 0.3) is 0 Å². The van der Waals surface area contributed by atoms with Gasteiger partial charge in [0.05, 0.1) is 9.68 Å². The van der Waals surface area contributed by atoms with Crippen molar-refractivity contribution < 1.29 is 37.5 Å². The maximum Gasteiger partial charge on any atom is 0.524 e. The minimum Gasteiger partial charge on any atom is -0.403 e. The molecular formula is C22H26NO7P. The van der Waals surface area contributed by atoms with Gasteiger partial charge in [-0.15, -0.1) is 0 Å². The van der Waals surface area contributed by atoms with Gasteiger partial charge in [-0.25, -0.2) is 9.45 Å². The summed E-state index contributed by atoms with van der Waals surface area (Å²) in [4.78, 5) is 30.2. The molecule has 0 aromatic heterocycles. The molecule has 2 bridgehead atoms. The molecule has 0 amide bonds. The summed E-state index contributed by atoms with van der Waals surface area (Å²) in [6.45, 7) is 0. The monoisotopic (exact) mass is 450 g/mol. The zero-order valence-corrected chi connectivity index (χ0v) is 17.8. The molecule has 3 aliphatic carbocycles. The van der Waals surface area contributed by atoms with Crippen LogP contribution in [0.3, 0.4) is 0 Å². The Kier molecular flexibility index (Phi) is 4.25. The number of allylic oxidation sites excluding steroid dienone is 1. The van der Waals surface area contributed by atoms with E-state index in [1.807, 2.05) is 6.07 Å². The van der Waals surface area contributed by atoms with Gasteiger partial charge in [-0.2, -0.15) is 10.1 Å². The van der Waals surface area contributed by atoms with Gasteiger partial charge in [-0.1, -0.05) is 23.6 Å². The van der Waals surface area contributed by atoms with Crippen molar-refractivity contribution in [2.75, 3.05) is 7.04 Å². The zero-order valence-electron chi connectivity index (χ0n) is 19.9. The highest BCUT2D eigenvalue weighted by Gasteiger charge is 2.75. The summed E-state index contributed by atoms with van der Waals surface area (Å²) >= 11 is 0. The van der Waals surface area contributed by atoms with Gasteiger partial charge in [0.2, 0.25) is 0 Å². The van der Waals surface area contributed by atoms with Gasteiger partial charge in [0.1, 0.15) is 11.8 Å². The van der Waals surface area contributed by atoms with Gasteiger partial charge in [-0.05, 0) is 57.1 Å². The van der Waals surface area contributed by atoms with Crippen molar-refractivity contribution in [1.82, 2.24) is 0 Å². The van der Waals surface area contributed by atoms with Crippen molar-refractivity contribution in [3.05, 3.63) is 40.5 Å². The molecule has 0 radical (unpaired) electrons. The first-order chi connectivity index (χ1) is 16.0. The molecule has 1 saturated carbocycles. The minimum atomic E-state index is -4.99. The number of rotatable bonds is 4. The lowest BCUT2D eigenvalue weighted by molar-refractivity contribution is -0.639. The van der Waals surface area contributed by atoms with Gasteiger partial charge in [0.25, 0.3) is 5.79 Å². The minimum absolute atomic E-state index is 0.0546. The fourth-order valence-electron chi connectivity index (χ4n) is 6.20. The summed E-state index contributed by atoms with van der Waals surface area (Å²) < 4.78 is 45.7. The Hall–Kier alpha value is -1.72. The third-order valence-electron chi connectivity index (χ3n) is 7.37. The molecule has 1 aliphatic heterocycles. The van der Waals surface area contributed by atoms with Crippen LogP contribution in [-0.2, 0) is 24.9 Å². The van der Waals surface area contributed by atoms with Gasteiger partial charge < -0.3 is 9.26 Å². The van der Waals surface area contributed by atoms with Gasteiger partial charge >= 0.3 is 7.82 Å². The quantitative estimate of drug-likeness (QED) is 0.398. The summed E-state index contributed by atoms with van der Waals surface area (Å²) in [5.41, 5.74) is 1.67. The molecule has 4 unspecified atom stereocenters. The number of hydrogen-bond donors (Lipinski definition) is 2. The molecule has 2 N–H and O–H groups in total. The van der Waals surface area contributed by atoms with Crippen molar-refractivity contribution in [1.29, 1.82) is 5.26 Å². The molecule has 1 heterocycles. The summed E-state index contributed by atoms with van der Waals surface area (Å²) in [5, 5.41) is 9.40. The van der Waals surface area contributed by atoms with Crippen LogP contribution < -0.4 is 4.52 Å². The van der Waals surface area contributed by atoms with Gasteiger partial charge in [-0.3, -0.25) is 9.79 Å². The summed E-state index contributed by atoms with van der Waals surface area (Å²) in [6.07, 6.45) is 7.49. The second kappa shape index (κ2) is 7.41. The molecule has 4 aliphatic rings. The van der Waals surface area contributed by atoms with E-state index in [9.17, 15) is 19.6 Å². The molecule has 5 rings (SSSR count). The third kappa shape index (κ3) is 3.03. The van der Waals surface area contributed by atoms with Crippen LogP contribution >= 0.6 is 7.82 Å². The molecule has 31 heavy (non-hydrogen) atoms. The van der Waals surface area contributed by atoms with E-state index in [4.69, 9.17) is 23.1 Å². The largest absolute Gasteiger partial charge is 0.524 e. The topological polar surface area (TPSA) is 118 Å². The maximum atomic E-state index is 11.5. The van der Waals surface area contributed by atoms with Crippen molar-refractivity contribution in [2.24, 2.45) is 11.8 Å². The molecule has 4 atom stereocenters. The Balaban J connectivity index is 1.68. The first-order valence-corrected chi connectivity index (χ1v) is 12.1. The highest BCUT2D eigenvalue weighted by molar-refractivity contribution is 7.46. The Bertz CT molecular complexity index is 1130. The van der Waals surface area contributed by atoms with Crippen molar-refractivity contribution >= 4 is 7.82 Å². The zero-order chi connectivity index (χ0) is 24.4. The van der Waals surface area contributed by atoms with Crippen molar-refractivity contribution in [2.45, 2.75) is 62.8 Å². The van der Waals surface area contributed by atoms with E-state index < -0.39 is 26.2 Å². The van der Waals surface area contributed by atoms with Crippen LogP contribution in [0.1, 0.15) is 66.6 Å². The highest BCUT2D eigenvalue weighted by Crippen LogP contribution is 2.67. The van der Waals surface area contributed by atoms with Crippen LogP contribution in [0, 0.1) is 23.2 Å². The standard InChI is InChI=1S/C22H26NO7P/c1-27-22(17-10-9-15(13-23)20(12-17)28-31(24,25)26)21(29-30-22)16-6-4-8-19(21)18-7-3-2-5-14(18)11-16/h9-10,12,16,19H,2-8,11H2,1H3,(H2,24,25,26)/i1D3. The predicted molar refractivity (Wildman–Crippen MR) is 108 cm³/mol. The van der Waals surface area contributed by atoms with E-state index in [1.165, 1.54) is 29.3 Å². The number of fused-ring (bicyclic) bond motifs is 1. The van der Waals surface area contributed by atoms with E-state index in [-0.39, 0.29) is 28.7 Å². The molecular weight excluding hydrogens is 421 g/mol. The lowest BCUT2D eigenvalue weighted by Crippen LogP contribution is -2.74. The molecule has 8 nitrogen and oxygen atoms in total. The average molecular weight is 450 g/mol. The van der Waals surface area contributed by atoms with Crippen LogP contribution in [0.5, 0.6) is 5.75 Å². The van der Waals surface area contributed by atoms with E-state index in [1.54, 1.807) is 0 Å². The number of phosphoric ester groups is 1. The number of phosphoric acid groups is 1. The van der Waals surface area contributed by atoms with Crippen LogP contribution in [0.2, 0.25) is 0 Å². The molecule has 2 fully saturated rings. The molecule has 9 heteroatoms. The smallest absolute Gasteiger partial charge is 0.403 e. The number of nitriles is 1. The molecule has 1 aromatic carbocycles. The van der Waals surface area contributed by atoms with E-state index in [0.717, 1.165) is 51.4 Å². The molecule has 1 spiro atoms. The summed E-state index contributed by atoms with van der Waals surface area (Å²) in [7, 11) is -7.85. The molecule has 1 aromatic rings. The van der Waals surface area contributed by atoms with E-state index in [0.29, 0.717) is 0 Å². The number of methoxy groups -OCH3 is 1. The van der Waals surface area contributed by atoms with Crippen LogP contribution in [0.4, 0.5) is 0 Å². The van der Waals surface area contributed by atoms with Crippen molar-refractivity contribution in [3.63, 3.8) is 0 Å². The van der Waals surface area contributed by atoms with E-state index >= 15 is 0 Å². The lowest BCUT2D eigenvalue weighted by atomic mass is 9.53. The van der Waals surface area contributed by atoms with Gasteiger partial charge in [0, 0.05) is 24.4 Å². The maximum absolute atomic E-state index is 11.5. The Labute approximate surface area is 185 Å². The van der Waals surface area contributed by atoms with Crippen molar-refractivity contribution in [3.8, 4) is 11.8 Å². The SMILES string of the molecule is [2H]C([2H])([2H])OC1(c2ccc(C#N)c(OP(=O)(O)O)c2)OOC12C1CCCC2C2=C(CCCC2)C1. The number of ether oxygens (including phenoxy) is 1. The first kappa shape index (κ1) is 17.8. The normalized spacial score (nSPS) is 36.5. The number of nitrogens with zero attached hydrogens (tertiary/aromatic N) is 1.